The van der Waals surface area contributed by atoms with E-state index < -0.39 is 0 Å². The summed E-state index contributed by atoms with van der Waals surface area (Å²) in [5.41, 5.74) is 6.88. The number of likely N-dealkylation sites (tertiary alicyclic amines) is 2. The number of nitrogens with two attached hydrogens (primary N) is 1. The minimum absolute atomic E-state index is 0.0431. The number of aromatic nitrogens is 1. The van der Waals surface area contributed by atoms with Gasteiger partial charge in [0.2, 0.25) is 0 Å². The summed E-state index contributed by atoms with van der Waals surface area (Å²) in [5, 5.41) is 0. The van der Waals surface area contributed by atoms with E-state index in [0.717, 1.165) is 19.5 Å². The van der Waals surface area contributed by atoms with Crippen molar-refractivity contribution in [1.29, 1.82) is 0 Å². The molecular weight excluding hydrogens is 240 g/mol. The van der Waals surface area contributed by atoms with Gasteiger partial charge in [0.25, 0.3) is 5.91 Å². The maximum atomic E-state index is 12.4. The molecule has 0 saturated carbocycles. The first-order valence-electron chi connectivity index (χ1n) is 6.98. The number of pyridine rings is 1. The van der Waals surface area contributed by atoms with Crippen molar-refractivity contribution < 1.29 is 4.79 Å². The first-order valence-corrected chi connectivity index (χ1v) is 6.98. The molecule has 1 atom stereocenters. The highest BCUT2D eigenvalue weighted by Crippen LogP contribution is 2.22. The van der Waals surface area contributed by atoms with Gasteiger partial charge < -0.3 is 10.6 Å². The molecule has 3 rings (SSSR count). The Bertz CT molecular complexity index is 470. The Hall–Kier alpha value is -1.62. The SMILES string of the molecule is Nc1cnccc1C(=O)N1CCC(N2CCCC2)C1. The van der Waals surface area contributed by atoms with E-state index in [2.05, 4.69) is 9.88 Å². The molecule has 0 spiro atoms. The zero-order valence-electron chi connectivity index (χ0n) is 11.1. The van der Waals surface area contributed by atoms with E-state index in [1.54, 1.807) is 18.5 Å². The van der Waals surface area contributed by atoms with Gasteiger partial charge in [0, 0.05) is 25.3 Å². The molecule has 2 aliphatic heterocycles. The highest BCUT2D eigenvalue weighted by atomic mass is 16.2. The van der Waals surface area contributed by atoms with Crippen LogP contribution in [0, 0.1) is 0 Å². The van der Waals surface area contributed by atoms with E-state index in [1.165, 1.54) is 25.9 Å². The van der Waals surface area contributed by atoms with Gasteiger partial charge in [-0.05, 0) is 38.4 Å². The fourth-order valence-electron chi connectivity index (χ4n) is 3.10. The maximum Gasteiger partial charge on any atom is 0.256 e. The molecule has 0 aliphatic carbocycles. The van der Waals surface area contributed by atoms with Gasteiger partial charge >= 0.3 is 0 Å². The van der Waals surface area contributed by atoms with Crippen LogP contribution in [-0.4, -0.2) is 52.9 Å². The van der Waals surface area contributed by atoms with Crippen LogP contribution in [0.2, 0.25) is 0 Å². The van der Waals surface area contributed by atoms with E-state index in [1.807, 2.05) is 4.90 Å². The van der Waals surface area contributed by atoms with Gasteiger partial charge in [0.1, 0.15) is 0 Å². The molecular formula is C14H20N4O. The van der Waals surface area contributed by atoms with Crippen LogP contribution in [0.25, 0.3) is 0 Å². The second-order valence-electron chi connectivity index (χ2n) is 5.40. The van der Waals surface area contributed by atoms with Crippen molar-refractivity contribution in [3.63, 3.8) is 0 Å². The number of carbonyl (C=O) groups excluding carboxylic acids is 1. The predicted octanol–water partition coefficient (Wildman–Crippen LogP) is 0.974. The van der Waals surface area contributed by atoms with Crippen LogP contribution >= 0.6 is 0 Å². The second-order valence-corrected chi connectivity index (χ2v) is 5.40. The van der Waals surface area contributed by atoms with Gasteiger partial charge in [-0.3, -0.25) is 14.7 Å². The quantitative estimate of drug-likeness (QED) is 0.861. The minimum atomic E-state index is 0.0431. The van der Waals surface area contributed by atoms with E-state index in [9.17, 15) is 4.79 Å². The Kier molecular flexibility index (Phi) is 3.38. The molecule has 1 aromatic rings. The molecule has 2 N–H and O–H groups in total. The van der Waals surface area contributed by atoms with Crippen LogP contribution < -0.4 is 5.73 Å². The fourth-order valence-corrected chi connectivity index (χ4v) is 3.10. The molecule has 2 saturated heterocycles. The lowest BCUT2D eigenvalue weighted by molar-refractivity contribution is 0.0781. The van der Waals surface area contributed by atoms with Crippen molar-refractivity contribution in [1.82, 2.24) is 14.8 Å². The van der Waals surface area contributed by atoms with Crippen LogP contribution in [0.3, 0.4) is 0 Å². The Labute approximate surface area is 113 Å². The molecule has 0 radical (unpaired) electrons. The van der Waals surface area contributed by atoms with Crippen LogP contribution in [0.15, 0.2) is 18.5 Å². The standard InChI is InChI=1S/C14H20N4O/c15-13-9-16-5-3-12(13)14(19)18-8-4-11(10-18)17-6-1-2-7-17/h3,5,9,11H,1-2,4,6-8,10,15H2. The Balaban J connectivity index is 1.67. The van der Waals surface area contributed by atoms with Crippen molar-refractivity contribution >= 4 is 11.6 Å². The summed E-state index contributed by atoms with van der Waals surface area (Å²) in [7, 11) is 0. The normalized spacial score (nSPS) is 24.0. The molecule has 0 aromatic carbocycles. The first kappa shape index (κ1) is 12.4. The number of amides is 1. The molecule has 1 aromatic heterocycles. The highest BCUT2D eigenvalue weighted by molar-refractivity contribution is 5.99. The average molecular weight is 260 g/mol. The fraction of sp³-hybridized carbons (Fsp3) is 0.571. The molecule has 3 heterocycles. The third-order valence-electron chi connectivity index (χ3n) is 4.19. The summed E-state index contributed by atoms with van der Waals surface area (Å²) in [6.45, 7) is 4.04. The van der Waals surface area contributed by atoms with E-state index in [4.69, 9.17) is 5.73 Å². The predicted molar refractivity (Wildman–Crippen MR) is 73.8 cm³/mol. The van der Waals surface area contributed by atoms with Crippen LogP contribution in [-0.2, 0) is 0 Å². The second kappa shape index (κ2) is 5.17. The summed E-state index contributed by atoms with van der Waals surface area (Å²) >= 11 is 0. The van der Waals surface area contributed by atoms with Crippen molar-refractivity contribution in [2.24, 2.45) is 0 Å². The Morgan fingerprint density at radius 3 is 2.84 bits per heavy atom. The number of hydrogen-bond acceptors (Lipinski definition) is 4. The molecule has 19 heavy (non-hydrogen) atoms. The number of nitrogens with zero attached hydrogens (tertiary/aromatic N) is 3. The average Bonchev–Trinajstić information content (AvgIpc) is 3.09. The number of carbonyl (C=O) groups is 1. The van der Waals surface area contributed by atoms with Crippen molar-refractivity contribution in [3.8, 4) is 0 Å². The summed E-state index contributed by atoms with van der Waals surface area (Å²) < 4.78 is 0. The zero-order chi connectivity index (χ0) is 13.2. The summed E-state index contributed by atoms with van der Waals surface area (Å²) in [4.78, 5) is 20.8. The summed E-state index contributed by atoms with van der Waals surface area (Å²) in [5.74, 6) is 0.0431. The van der Waals surface area contributed by atoms with Gasteiger partial charge in [-0.2, -0.15) is 0 Å². The lowest BCUT2D eigenvalue weighted by atomic mass is 10.2. The van der Waals surface area contributed by atoms with Crippen molar-refractivity contribution in [3.05, 3.63) is 24.0 Å². The maximum absolute atomic E-state index is 12.4. The summed E-state index contributed by atoms with van der Waals surface area (Å²) in [6, 6.07) is 2.25. The molecule has 1 unspecified atom stereocenters. The van der Waals surface area contributed by atoms with Crippen molar-refractivity contribution in [2.75, 3.05) is 31.9 Å². The third kappa shape index (κ3) is 2.42. The van der Waals surface area contributed by atoms with Crippen LogP contribution in [0.4, 0.5) is 5.69 Å². The number of rotatable bonds is 2. The number of anilines is 1. The van der Waals surface area contributed by atoms with Crippen LogP contribution in [0.5, 0.6) is 0 Å². The number of hydrogen-bond donors (Lipinski definition) is 1. The van der Waals surface area contributed by atoms with E-state index >= 15 is 0 Å². The van der Waals surface area contributed by atoms with E-state index in [-0.39, 0.29) is 5.91 Å². The molecule has 1 amide bonds. The van der Waals surface area contributed by atoms with Gasteiger partial charge in [0.15, 0.2) is 0 Å². The lowest BCUT2D eigenvalue weighted by Gasteiger charge is -2.23. The van der Waals surface area contributed by atoms with Gasteiger partial charge in [-0.25, -0.2) is 0 Å². The topological polar surface area (TPSA) is 62.5 Å². The molecule has 5 heteroatoms. The monoisotopic (exact) mass is 260 g/mol. The number of nitrogen functional groups attached to an aromatic ring is 1. The Morgan fingerprint density at radius 1 is 1.32 bits per heavy atom. The van der Waals surface area contributed by atoms with Gasteiger partial charge in [-0.15, -0.1) is 0 Å². The molecule has 0 bridgehead atoms. The first-order chi connectivity index (χ1) is 9.25. The molecule has 2 aliphatic rings. The van der Waals surface area contributed by atoms with Crippen LogP contribution in [0.1, 0.15) is 29.6 Å². The lowest BCUT2D eigenvalue weighted by Crippen LogP contribution is -2.37. The smallest absolute Gasteiger partial charge is 0.256 e. The van der Waals surface area contributed by atoms with Crippen molar-refractivity contribution in [2.45, 2.75) is 25.3 Å². The van der Waals surface area contributed by atoms with Gasteiger partial charge in [-0.1, -0.05) is 0 Å². The highest BCUT2D eigenvalue weighted by Gasteiger charge is 2.32. The molecule has 102 valence electrons. The molecule has 5 nitrogen and oxygen atoms in total. The van der Waals surface area contributed by atoms with Gasteiger partial charge in [0.05, 0.1) is 17.4 Å². The molecule has 2 fully saturated rings. The zero-order valence-corrected chi connectivity index (χ0v) is 11.1. The van der Waals surface area contributed by atoms with E-state index in [0.29, 0.717) is 17.3 Å². The summed E-state index contributed by atoms with van der Waals surface area (Å²) in [6.07, 6.45) is 6.83. The minimum Gasteiger partial charge on any atom is -0.397 e. The largest absolute Gasteiger partial charge is 0.397 e. The Morgan fingerprint density at radius 2 is 2.11 bits per heavy atom. The third-order valence-corrected chi connectivity index (χ3v) is 4.19.